The molecule has 82 valence electrons. The van der Waals surface area contributed by atoms with Crippen molar-refractivity contribution in [2.45, 2.75) is 6.04 Å². The maximum absolute atomic E-state index is 12.8. The molecule has 0 aliphatic heterocycles. The van der Waals surface area contributed by atoms with Crippen molar-refractivity contribution in [3.63, 3.8) is 0 Å². The largest absolute Gasteiger partial charge is 0.320 e. The summed E-state index contributed by atoms with van der Waals surface area (Å²) in [5.74, 6) is -0.268. The van der Waals surface area contributed by atoms with Gasteiger partial charge in [0.2, 0.25) is 0 Å². The highest BCUT2D eigenvalue weighted by Gasteiger charge is 2.11. The van der Waals surface area contributed by atoms with Crippen LogP contribution in [0.2, 0.25) is 5.02 Å². The molecule has 0 aliphatic rings. The molecule has 0 aliphatic carbocycles. The molecule has 2 aromatic rings. The Bertz CT molecular complexity index is 482. The summed E-state index contributed by atoms with van der Waals surface area (Å²) in [4.78, 5) is 0. The number of benzene rings is 2. The third kappa shape index (κ3) is 2.23. The molecule has 0 spiro atoms. The van der Waals surface area contributed by atoms with Crippen LogP contribution in [0.4, 0.5) is 4.39 Å². The third-order valence-corrected chi connectivity index (χ3v) is 2.81. The lowest BCUT2D eigenvalue weighted by molar-refractivity contribution is 0.626. The van der Waals surface area contributed by atoms with Crippen LogP contribution < -0.4 is 5.73 Å². The molecule has 2 N–H and O–H groups in total. The molecular weight excluding hydrogens is 225 g/mol. The minimum atomic E-state index is -0.325. The van der Waals surface area contributed by atoms with Gasteiger partial charge >= 0.3 is 0 Å². The van der Waals surface area contributed by atoms with Crippen molar-refractivity contribution in [2.24, 2.45) is 5.73 Å². The first-order chi connectivity index (χ1) is 7.68. The Morgan fingerprint density at radius 1 is 1.00 bits per heavy atom. The van der Waals surface area contributed by atoms with Gasteiger partial charge in [0.25, 0.3) is 0 Å². The van der Waals surface area contributed by atoms with Crippen LogP contribution in [0.3, 0.4) is 0 Å². The van der Waals surface area contributed by atoms with E-state index in [1.54, 1.807) is 18.2 Å². The normalized spacial score (nSPS) is 12.4. The molecule has 0 amide bonds. The number of nitrogens with two attached hydrogens (primary N) is 1. The number of hydrogen-bond donors (Lipinski definition) is 1. The summed E-state index contributed by atoms with van der Waals surface area (Å²) >= 11 is 6.05. The van der Waals surface area contributed by atoms with Gasteiger partial charge in [-0.3, -0.25) is 0 Å². The molecule has 3 heteroatoms. The Balaban J connectivity index is 2.35. The van der Waals surface area contributed by atoms with Crippen LogP contribution in [0.15, 0.2) is 48.5 Å². The first-order valence-corrected chi connectivity index (χ1v) is 5.32. The van der Waals surface area contributed by atoms with Crippen molar-refractivity contribution in [3.05, 3.63) is 70.5 Å². The minimum Gasteiger partial charge on any atom is -0.320 e. The summed E-state index contributed by atoms with van der Waals surface area (Å²) in [6.45, 7) is 0. The van der Waals surface area contributed by atoms with Gasteiger partial charge in [-0.1, -0.05) is 41.9 Å². The second-order valence-corrected chi connectivity index (χ2v) is 3.96. The first-order valence-electron chi connectivity index (χ1n) is 4.94. The Kier molecular flexibility index (Phi) is 3.22. The predicted molar refractivity (Wildman–Crippen MR) is 63.9 cm³/mol. The van der Waals surface area contributed by atoms with E-state index in [9.17, 15) is 4.39 Å². The Labute approximate surface area is 98.7 Å². The quantitative estimate of drug-likeness (QED) is 0.847. The van der Waals surface area contributed by atoms with Crippen molar-refractivity contribution < 1.29 is 4.39 Å². The summed E-state index contributed by atoms with van der Waals surface area (Å²) in [5, 5.41) is 0.624. The fourth-order valence-corrected chi connectivity index (χ4v) is 1.83. The van der Waals surface area contributed by atoms with E-state index in [1.165, 1.54) is 12.1 Å². The maximum Gasteiger partial charge on any atom is 0.123 e. The summed E-state index contributed by atoms with van der Waals surface area (Å²) in [5.41, 5.74) is 7.75. The first kappa shape index (κ1) is 11.1. The average Bonchev–Trinajstić information content (AvgIpc) is 2.30. The van der Waals surface area contributed by atoms with Crippen molar-refractivity contribution in [2.75, 3.05) is 0 Å². The van der Waals surface area contributed by atoms with Crippen molar-refractivity contribution >= 4 is 11.6 Å². The van der Waals surface area contributed by atoms with Crippen molar-refractivity contribution in [3.8, 4) is 0 Å². The second kappa shape index (κ2) is 4.64. The van der Waals surface area contributed by atoms with E-state index in [2.05, 4.69) is 0 Å². The van der Waals surface area contributed by atoms with Gasteiger partial charge in [-0.15, -0.1) is 0 Å². The van der Waals surface area contributed by atoms with Crippen LogP contribution in [0.5, 0.6) is 0 Å². The van der Waals surface area contributed by atoms with Crippen LogP contribution in [0.25, 0.3) is 0 Å². The predicted octanol–water partition coefficient (Wildman–Crippen LogP) is 3.53. The number of rotatable bonds is 2. The van der Waals surface area contributed by atoms with E-state index in [0.717, 1.165) is 11.1 Å². The zero-order chi connectivity index (χ0) is 11.5. The molecular formula is C13H11ClFN. The number of hydrogen-bond acceptors (Lipinski definition) is 1. The van der Waals surface area contributed by atoms with Gasteiger partial charge in [0.05, 0.1) is 6.04 Å². The highest BCUT2D eigenvalue weighted by molar-refractivity contribution is 6.31. The molecule has 1 atom stereocenters. The van der Waals surface area contributed by atoms with Gasteiger partial charge in [0.1, 0.15) is 5.82 Å². The van der Waals surface area contributed by atoms with E-state index >= 15 is 0 Å². The van der Waals surface area contributed by atoms with Crippen LogP contribution in [0.1, 0.15) is 17.2 Å². The van der Waals surface area contributed by atoms with Crippen LogP contribution in [0, 0.1) is 5.82 Å². The maximum atomic E-state index is 12.8. The Morgan fingerprint density at radius 3 is 2.25 bits per heavy atom. The van der Waals surface area contributed by atoms with E-state index < -0.39 is 0 Å². The zero-order valence-corrected chi connectivity index (χ0v) is 9.29. The molecule has 16 heavy (non-hydrogen) atoms. The van der Waals surface area contributed by atoms with Gasteiger partial charge in [0.15, 0.2) is 0 Å². The highest BCUT2D eigenvalue weighted by Crippen LogP contribution is 2.26. The van der Waals surface area contributed by atoms with Crippen molar-refractivity contribution in [1.29, 1.82) is 0 Å². The van der Waals surface area contributed by atoms with Gasteiger partial charge < -0.3 is 5.73 Å². The lowest BCUT2D eigenvalue weighted by Gasteiger charge is -2.13. The summed E-state index contributed by atoms with van der Waals surface area (Å²) in [6.07, 6.45) is 0. The average molecular weight is 236 g/mol. The molecule has 0 bridgehead atoms. The summed E-state index contributed by atoms with van der Waals surface area (Å²) < 4.78 is 12.8. The summed E-state index contributed by atoms with van der Waals surface area (Å²) in [6, 6.07) is 13.2. The molecule has 1 nitrogen and oxygen atoms in total. The van der Waals surface area contributed by atoms with Gasteiger partial charge in [-0.2, -0.15) is 0 Å². The highest BCUT2D eigenvalue weighted by atomic mass is 35.5. The van der Waals surface area contributed by atoms with Gasteiger partial charge in [-0.05, 0) is 29.3 Å². The van der Waals surface area contributed by atoms with E-state index in [1.807, 2.05) is 18.2 Å². The Hall–Kier alpha value is -1.38. The monoisotopic (exact) mass is 235 g/mol. The van der Waals surface area contributed by atoms with Crippen molar-refractivity contribution in [1.82, 2.24) is 0 Å². The minimum absolute atomic E-state index is 0.268. The SMILES string of the molecule is NC(c1ccc(F)cc1)c1ccccc1Cl. The molecule has 1 unspecified atom stereocenters. The third-order valence-electron chi connectivity index (χ3n) is 2.47. The molecule has 0 saturated heterocycles. The molecule has 0 aromatic heterocycles. The van der Waals surface area contributed by atoms with E-state index in [0.29, 0.717) is 5.02 Å². The fourth-order valence-electron chi connectivity index (χ4n) is 1.58. The molecule has 0 saturated carbocycles. The smallest absolute Gasteiger partial charge is 0.123 e. The summed E-state index contributed by atoms with van der Waals surface area (Å²) in [7, 11) is 0. The standard InChI is InChI=1S/C13H11ClFN/c14-12-4-2-1-3-11(12)13(16)9-5-7-10(15)8-6-9/h1-8,13H,16H2. The molecule has 0 heterocycles. The van der Waals surface area contributed by atoms with E-state index in [4.69, 9.17) is 17.3 Å². The molecule has 0 radical (unpaired) electrons. The van der Waals surface area contributed by atoms with Gasteiger partial charge in [0, 0.05) is 5.02 Å². The van der Waals surface area contributed by atoms with E-state index in [-0.39, 0.29) is 11.9 Å². The Morgan fingerprint density at radius 2 is 1.62 bits per heavy atom. The topological polar surface area (TPSA) is 26.0 Å². The molecule has 2 aromatic carbocycles. The zero-order valence-electron chi connectivity index (χ0n) is 8.53. The number of halogens is 2. The van der Waals surface area contributed by atoms with Crippen LogP contribution in [-0.4, -0.2) is 0 Å². The lowest BCUT2D eigenvalue weighted by atomic mass is 10.00. The van der Waals surface area contributed by atoms with Gasteiger partial charge in [-0.25, -0.2) is 4.39 Å². The molecule has 0 fully saturated rings. The van der Waals surface area contributed by atoms with Crippen LogP contribution >= 0.6 is 11.6 Å². The molecule has 2 rings (SSSR count). The lowest BCUT2D eigenvalue weighted by Crippen LogP contribution is -2.12. The fraction of sp³-hybridized carbons (Fsp3) is 0.0769. The second-order valence-electron chi connectivity index (χ2n) is 3.55. The van der Waals surface area contributed by atoms with Crippen LogP contribution in [-0.2, 0) is 0 Å².